The molecule has 1 aliphatic rings. The number of aryl methyl sites for hydroxylation is 1. The molecule has 0 amide bonds. The predicted molar refractivity (Wildman–Crippen MR) is 117 cm³/mol. The van der Waals surface area contributed by atoms with E-state index >= 15 is 0 Å². The third kappa shape index (κ3) is 2.78. The lowest BCUT2D eigenvalue weighted by molar-refractivity contribution is 0.859. The minimum Gasteiger partial charge on any atom is -0.326 e. The van der Waals surface area contributed by atoms with Gasteiger partial charge in [0.15, 0.2) is 0 Å². The van der Waals surface area contributed by atoms with Gasteiger partial charge in [0, 0.05) is 21.2 Å². The van der Waals surface area contributed by atoms with Crippen molar-refractivity contribution in [3.8, 4) is 5.69 Å². The molecule has 0 unspecified atom stereocenters. The van der Waals surface area contributed by atoms with Gasteiger partial charge in [-0.25, -0.2) is 9.48 Å². The van der Waals surface area contributed by atoms with Crippen LogP contribution in [0, 0.1) is 6.92 Å². The highest BCUT2D eigenvalue weighted by Crippen LogP contribution is 2.48. The van der Waals surface area contributed by atoms with Gasteiger partial charge in [-0.3, -0.25) is 14.8 Å². The molecule has 150 valence electrons. The number of H-pyrrole nitrogens is 2. The van der Waals surface area contributed by atoms with Crippen LogP contribution in [0.5, 0.6) is 0 Å². The smallest absolute Gasteiger partial charge is 0.326 e. The van der Waals surface area contributed by atoms with Gasteiger partial charge in [0.2, 0.25) is 0 Å². The van der Waals surface area contributed by atoms with E-state index in [-0.39, 0.29) is 5.82 Å². The number of hydrogen-bond donors (Lipinski definition) is 3. The van der Waals surface area contributed by atoms with E-state index in [0.717, 1.165) is 11.3 Å². The molecule has 1 atom stereocenters. The summed E-state index contributed by atoms with van der Waals surface area (Å²) in [7, 11) is 0. The van der Waals surface area contributed by atoms with Crippen LogP contribution in [-0.4, -0.2) is 19.7 Å². The molecule has 0 bridgehead atoms. The number of hydrogen-bond acceptors (Lipinski definition) is 4. The second kappa shape index (κ2) is 6.90. The zero-order valence-electron chi connectivity index (χ0n) is 15.7. The van der Waals surface area contributed by atoms with Crippen LogP contribution in [0.15, 0.2) is 58.1 Å². The SMILES string of the molecule is Cc1nn(-c2ccccc2)c2c1[C@@H](c1c(Cl)cccc1Cl)c1c([nH]c(=O)[nH]c1=O)N2. The van der Waals surface area contributed by atoms with Crippen LogP contribution in [0.1, 0.15) is 28.3 Å². The Hall–Kier alpha value is -3.29. The van der Waals surface area contributed by atoms with Crippen LogP contribution in [-0.2, 0) is 0 Å². The Balaban J connectivity index is 1.88. The van der Waals surface area contributed by atoms with Crippen molar-refractivity contribution < 1.29 is 0 Å². The molecule has 5 rings (SSSR count). The molecule has 30 heavy (non-hydrogen) atoms. The van der Waals surface area contributed by atoms with E-state index in [1.807, 2.05) is 37.3 Å². The van der Waals surface area contributed by atoms with E-state index in [0.29, 0.717) is 32.7 Å². The van der Waals surface area contributed by atoms with Crippen LogP contribution in [0.2, 0.25) is 10.0 Å². The minimum atomic E-state index is -0.615. The Morgan fingerprint density at radius 1 is 0.900 bits per heavy atom. The van der Waals surface area contributed by atoms with Gasteiger partial charge in [0.1, 0.15) is 11.6 Å². The average molecular weight is 440 g/mol. The number of aromatic nitrogens is 4. The molecule has 0 saturated carbocycles. The minimum absolute atomic E-state index is 0.286. The van der Waals surface area contributed by atoms with Crippen LogP contribution in [0.4, 0.5) is 11.6 Å². The third-order valence-corrected chi connectivity index (χ3v) is 5.86. The van der Waals surface area contributed by atoms with Crippen molar-refractivity contribution in [1.82, 2.24) is 19.7 Å². The van der Waals surface area contributed by atoms with Crippen molar-refractivity contribution in [1.29, 1.82) is 0 Å². The summed E-state index contributed by atoms with van der Waals surface area (Å²) in [4.78, 5) is 29.8. The number of nitrogens with one attached hydrogen (secondary N) is 3. The molecular formula is C21H15Cl2N5O2. The van der Waals surface area contributed by atoms with Crippen LogP contribution >= 0.6 is 23.2 Å². The number of fused-ring (bicyclic) bond motifs is 2. The quantitative estimate of drug-likeness (QED) is 0.385. The first-order valence-electron chi connectivity index (χ1n) is 9.18. The molecule has 1 aliphatic heterocycles. The van der Waals surface area contributed by atoms with Crippen molar-refractivity contribution >= 4 is 34.8 Å². The Kier molecular flexibility index (Phi) is 4.30. The summed E-state index contributed by atoms with van der Waals surface area (Å²) in [6.07, 6.45) is 0. The maximum absolute atomic E-state index is 12.9. The lowest BCUT2D eigenvalue weighted by Gasteiger charge is -2.28. The maximum Gasteiger partial charge on any atom is 0.327 e. The van der Waals surface area contributed by atoms with Gasteiger partial charge in [-0.2, -0.15) is 5.10 Å². The largest absolute Gasteiger partial charge is 0.327 e. The normalized spacial score (nSPS) is 14.7. The molecule has 2 aromatic carbocycles. The van der Waals surface area contributed by atoms with Crippen molar-refractivity contribution in [2.75, 3.05) is 5.32 Å². The molecule has 0 aliphatic carbocycles. The summed E-state index contributed by atoms with van der Waals surface area (Å²) < 4.78 is 1.74. The summed E-state index contributed by atoms with van der Waals surface area (Å²) in [6.45, 7) is 1.86. The number of halogens is 2. The van der Waals surface area contributed by atoms with Crippen molar-refractivity contribution in [2.45, 2.75) is 12.8 Å². The average Bonchev–Trinajstić information content (AvgIpc) is 3.04. The monoisotopic (exact) mass is 439 g/mol. The number of para-hydroxylation sites is 1. The number of rotatable bonds is 2. The molecular weight excluding hydrogens is 425 g/mol. The van der Waals surface area contributed by atoms with E-state index < -0.39 is 17.2 Å². The fourth-order valence-electron chi connectivity index (χ4n) is 3.97. The van der Waals surface area contributed by atoms with Gasteiger partial charge in [0.25, 0.3) is 5.56 Å². The lowest BCUT2D eigenvalue weighted by atomic mass is 9.83. The van der Waals surface area contributed by atoms with Crippen LogP contribution in [0.3, 0.4) is 0 Å². The fourth-order valence-corrected chi connectivity index (χ4v) is 4.58. The van der Waals surface area contributed by atoms with E-state index in [1.165, 1.54) is 0 Å². The predicted octanol–water partition coefficient (Wildman–Crippen LogP) is 4.10. The first kappa shape index (κ1) is 18.7. The molecule has 0 fully saturated rings. The summed E-state index contributed by atoms with van der Waals surface area (Å²) >= 11 is 13.1. The second-order valence-electron chi connectivity index (χ2n) is 6.99. The zero-order chi connectivity index (χ0) is 21.0. The van der Waals surface area contributed by atoms with Crippen molar-refractivity contribution in [3.63, 3.8) is 0 Å². The van der Waals surface area contributed by atoms with E-state index in [9.17, 15) is 9.59 Å². The number of nitrogens with zero attached hydrogens (tertiary/aromatic N) is 2. The van der Waals surface area contributed by atoms with E-state index in [4.69, 9.17) is 28.3 Å². The van der Waals surface area contributed by atoms with Gasteiger partial charge in [-0.05, 0) is 31.2 Å². The zero-order valence-corrected chi connectivity index (χ0v) is 17.2. The van der Waals surface area contributed by atoms with E-state index in [2.05, 4.69) is 15.3 Å². The number of anilines is 2. The van der Waals surface area contributed by atoms with Gasteiger partial charge in [0.05, 0.1) is 22.9 Å². The van der Waals surface area contributed by atoms with Gasteiger partial charge in [-0.15, -0.1) is 0 Å². The molecule has 0 radical (unpaired) electrons. The highest BCUT2D eigenvalue weighted by Gasteiger charge is 2.37. The molecule has 9 heteroatoms. The fraction of sp³-hybridized carbons (Fsp3) is 0.0952. The lowest BCUT2D eigenvalue weighted by Crippen LogP contribution is -2.32. The summed E-state index contributed by atoms with van der Waals surface area (Å²) in [5.41, 5.74) is 2.08. The number of benzene rings is 2. The first-order chi connectivity index (χ1) is 14.5. The summed E-state index contributed by atoms with van der Waals surface area (Å²) in [5.74, 6) is 0.304. The maximum atomic E-state index is 12.9. The Morgan fingerprint density at radius 2 is 1.60 bits per heavy atom. The van der Waals surface area contributed by atoms with Gasteiger partial charge in [-0.1, -0.05) is 47.5 Å². The van der Waals surface area contributed by atoms with Crippen molar-refractivity contribution in [3.05, 3.63) is 102 Å². The second-order valence-corrected chi connectivity index (χ2v) is 7.80. The molecule has 7 nitrogen and oxygen atoms in total. The molecule has 2 aromatic heterocycles. The molecule has 0 saturated heterocycles. The molecule has 3 N–H and O–H groups in total. The first-order valence-corrected chi connectivity index (χ1v) is 9.93. The molecule has 4 aromatic rings. The summed E-state index contributed by atoms with van der Waals surface area (Å²) in [6, 6.07) is 14.8. The Bertz CT molecular complexity index is 1390. The standard InChI is InChI=1S/C21H15Cl2N5O2/c1-10-14-16(15-12(22)8-5-9-13(15)23)17-18(25-21(30)26-20(17)29)24-19(14)28(27-10)11-6-3-2-4-7-11/h2-9,16H,1H3,(H3,24,25,26,29,30)/t16-/m0/s1. The molecule has 0 spiro atoms. The highest BCUT2D eigenvalue weighted by molar-refractivity contribution is 6.36. The van der Waals surface area contributed by atoms with Gasteiger partial charge >= 0.3 is 5.69 Å². The van der Waals surface area contributed by atoms with Crippen LogP contribution < -0.4 is 16.6 Å². The topological polar surface area (TPSA) is 95.6 Å². The van der Waals surface area contributed by atoms with Crippen LogP contribution in [0.25, 0.3) is 5.69 Å². The highest BCUT2D eigenvalue weighted by atomic mass is 35.5. The van der Waals surface area contributed by atoms with Crippen molar-refractivity contribution in [2.24, 2.45) is 0 Å². The van der Waals surface area contributed by atoms with Gasteiger partial charge < -0.3 is 5.32 Å². The summed E-state index contributed by atoms with van der Waals surface area (Å²) in [5, 5.41) is 8.72. The Morgan fingerprint density at radius 3 is 2.30 bits per heavy atom. The Labute approximate surface area is 180 Å². The molecule has 3 heterocycles. The third-order valence-electron chi connectivity index (χ3n) is 5.20. The van der Waals surface area contributed by atoms with E-state index in [1.54, 1.807) is 22.9 Å². The number of aromatic amines is 2.